The molecular weight excluding hydrogens is 454 g/mol. The summed E-state index contributed by atoms with van der Waals surface area (Å²) in [4.78, 5) is 8.18. The van der Waals surface area contributed by atoms with Crippen molar-refractivity contribution in [3.8, 4) is 11.4 Å². The van der Waals surface area contributed by atoms with Crippen molar-refractivity contribution in [3.63, 3.8) is 0 Å². The predicted octanol–water partition coefficient (Wildman–Crippen LogP) is 3.99. The summed E-state index contributed by atoms with van der Waals surface area (Å²) in [7, 11) is 0. The molecule has 12 heteroatoms. The van der Waals surface area contributed by atoms with E-state index in [0.29, 0.717) is 13.0 Å². The number of alkyl halides is 3. The third-order valence-corrected chi connectivity index (χ3v) is 5.99. The van der Waals surface area contributed by atoms with Crippen LogP contribution in [0.15, 0.2) is 24.5 Å². The summed E-state index contributed by atoms with van der Waals surface area (Å²) < 4.78 is 61.1. The minimum absolute atomic E-state index is 0.0235. The Morgan fingerprint density at radius 2 is 1.97 bits per heavy atom. The zero-order valence-corrected chi connectivity index (χ0v) is 17.9. The molecule has 0 aliphatic carbocycles. The van der Waals surface area contributed by atoms with Gasteiger partial charge in [-0.2, -0.15) is 13.2 Å². The molecular formula is C20H20ClF4N5O2. The van der Waals surface area contributed by atoms with Crippen molar-refractivity contribution in [1.29, 1.82) is 0 Å². The van der Waals surface area contributed by atoms with Gasteiger partial charge in [-0.05, 0) is 31.9 Å². The molecule has 7 nitrogen and oxygen atoms in total. The summed E-state index contributed by atoms with van der Waals surface area (Å²) in [5.74, 6) is -0.660. The fraction of sp³-hybridized carbons (Fsp3) is 0.450. The third-order valence-electron chi connectivity index (χ3n) is 5.65. The van der Waals surface area contributed by atoms with Crippen molar-refractivity contribution < 1.29 is 27.4 Å². The Bertz CT molecular complexity index is 1130. The van der Waals surface area contributed by atoms with Gasteiger partial charge in [-0.3, -0.25) is 4.98 Å². The highest BCUT2D eigenvalue weighted by atomic mass is 35.5. The first-order chi connectivity index (χ1) is 15.0. The Labute approximate surface area is 185 Å². The van der Waals surface area contributed by atoms with Crippen molar-refractivity contribution in [3.05, 3.63) is 40.9 Å². The Balaban J connectivity index is 1.73. The molecule has 2 N–H and O–H groups in total. The summed E-state index contributed by atoms with van der Waals surface area (Å²) in [5.41, 5.74) is -1.96. The molecule has 0 aromatic carbocycles. The average Bonchev–Trinajstić information content (AvgIpc) is 2.99. The van der Waals surface area contributed by atoms with Crippen LogP contribution in [0.2, 0.25) is 5.02 Å². The fourth-order valence-corrected chi connectivity index (χ4v) is 3.67. The number of pyridine rings is 1. The predicted molar refractivity (Wildman–Crippen MR) is 109 cm³/mol. The SMILES string of the molecule is CC(C)(c1ccc(-c2c(Cl)c(F)c3cnc(N[C@@H]4CCOC[C@H]4O)nn23)nc1)C(F)(F)F. The van der Waals surface area contributed by atoms with Gasteiger partial charge in [-0.1, -0.05) is 17.7 Å². The number of fused-ring (bicyclic) bond motifs is 1. The Morgan fingerprint density at radius 1 is 1.22 bits per heavy atom. The minimum atomic E-state index is -4.47. The number of ether oxygens (including phenoxy) is 1. The highest BCUT2D eigenvalue weighted by molar-refractivity contribution is 6.33. The molecule has 1 saturated heterocycles. The smallest absolute Gasteiger partial charge is 0.389 e. The largest absolute Gasteiger partial charge is 0.397 e. The fourth-order valence-electron chi connectivity index (χ4n) is 3.39. The molecule has 172 valence electrons. The van der Waals surface area contributed by atoms with E-state index in [-0.39, 0.29) is 46.1 Å². The number of hydrogen-bond donors (Lipinski definition) is 2. The van der Waals surface area contributed by atoms with Crippen LogP contribution in [0.1, 0.15) is 25.8 Å². The second-order valence-corrected chi connectivity index (χ2v) is 8.47. The van der Waals surface area contributed by atoms with Crippen LogP contribution < -0.4 is 5.32 Å². The van der Waals surface area contributed by atoms with Gasteiger partial charge in [0.15, 0.2) is 5.82 Å². The molecule has 0 unspecified atom stereocenters. The normalized spacial score (nSPS) is 20.0. The number of nitrogens with zero attached hydrogens (tertiary/aromatic N) is 4. The van der Waals surface area contributed by atoms with E-state index < -0.39 is 23.5 Å². The molecule has 0 bridgehead atoms. The lowest BCUT2D eigenvalue weighted by Gasteiger charge is -2.28. The number of anilines is 1. The second kappa shape index (κ2) is 8.13. The summed E-state index contributed by atoms with van der Waals surface area (Å²) in [6.07, 6.45) is -2.39. The van der Waals surface area contributed by atoms with E-state index in [1.165, 1.54) is 22.8 Å². The molecule has 1 aliphatic rings. The van der Waals surface area contributed by atoms with E-state index in [1.54, 1.807) is 0 Å². The Morgan fingerprint density at radius 3 is 2.59 bits per heavy atom. The number of aromatic nitrogens is 4. The average molecular weight is 474 g/mol. The molecule has 1 fully saturated rings. The first-order valence-corrected chi connectivity index (χ1v) is 10.2. The van der Waals surface area contributed by atoms with Crippen LogP contribution in [0.4, 0.5) is 23.5 Å². The number of aliphatic hydroxyl groups is 1. The maximum absolute atomic E-state index is 14.7. The lowest BCUT2D eigenvalue weighted by Crippen LogP contribution is -2.42. The van der Waals surface area contributed by atoms with Crippen LogP contribution in [0.25, 0.3) is 16.9 Å². The molecule has 4 heterocycles. The lowest BCUT2D eigenvalue weighted by atomic mass is 9.85. The third kappa shape index (κ3) is 3.89. The van der Waals surface area contributed by atoms with Gasteiger partial charge in [0.25, 0.3) is 0 Å². The number of hydrogen-bond acceptors (Lipinski definition) is 6. The standard InChI is InChI=1S/C20H20ClF4N5O2/c1-19(2,20(23,24)25)10-3-4-12(26-7-10)17-15(21)16(22)13-8-27-18(29-30(13)17)28-11-5-6-32-9-14(11)31/h3-4,7-8,11,14,31H,5-6,9H2,1-2H3,(H,28,29)/t11-,14-/m1/s1. The first kappa shape index (κ1) is 22.7. The zero-order valence-electron chi connectivity index (χ0n) is 17.1. The Kier molecular flexibility index (Phi) is 5.76. The van der Waals surface area contributed by atoms with Gasteiger partial charge in [0.1, 0.15) is 16.2 Å². The molecule has 32 heavy (non-hydrogen) atoms. The summed E-state index contributed by atoms with van der Waals surface area (Å²) in [6, 6.07) is 2.26. The van der Waals surface area contributed by atoms with E-state index in [0.717, 1.165) is 20.0 Å². The number of nitrogens with one attached hydrogen (secondary N) is 1. The van der Waals surface area contributed by atoms with Crippen LogP contribution in [-0.2, 0) is 10.2 Å². The van der Waals surface area contributed by atoms with Gasteiger partial charge >= 0.3 is 6.18 Å². The van der Waals surface area contributed by atoms with Crippen molar-refractivity contribution >= 4 is 23.1 Å². The van der Waals surface area contributed by atoms with Gasteiger partial charge in [-0.25, -0.2) is 13.9 Å². The van der Waals surface area contributed by atoms with Gasteiger partial charge in [0.2, 0.25) is 5.95 Å². The quantitative estimate of drug-likeness (QED) is 0.557. The first-order valence-electron chi connectivity index (χ1n) is 9.79. The molecule has 0 amide bonds. The van der Waals surface area contributed by atoms with Crippen LogP contribution in [0, 0.1) is 5.82 Å². The van der Waals surface area contributed by atoms with Crippen LogP contribution >= 0.6 is 11.6 Å². The van der Waals surface area contributed by atoms with Gasteiger partial charge in [0.05, 0.1) is 36.1 Å². The van der Waals surface area contributed by atoms with Gasteiger partial charge in [0, 0.05) is 12.8 Å². The molecule has 3 aromatic rings. The van der Waals surface area contributed by atoms with E-state index >= 15 is 0 Å². The molecule has 3 aromatic heterocycles. The van der Waals surface area contributed by atoms with E-state index in [1.807, 2.05) is 0 Å². The van der Waals surface area contributed by atoms with Crippen LogP contribution in [0.3, 0.4) is 0 Å². The molecule has 4 rings (SSSR count). The number of aliphatic hydroxyl groups excluding tert-OH is 1. The molecule has 0 radical (unpaired) electrons. The zero-order chi connectivity index (χ0) is 23.3. The monoisotopic (exact) mass is 473 g/mol. The highest BCUT2D eigenvalue weighted by Gasteiger charge is 2.48. The maximum atomic E-state index is 14.7. The minimum Gasteiger partial charge on any atom is -0.389 e. The van der Waals surface area contributed by atoms with Gasteiger partial charge < -0.3 is 15.2 Å². The van der Waals surface area contributed by atoms with Crippen molar-refractivity contribution in [2.24, 2.45) is 0 Å². The van der Waals surface area contributed by atoms with Crippen molar-refractivity contribution in [1.82, 2.24) is 19.6 Å². The van der Waals surface area contributed by atoms with E-state index in [4.69, 9.17) is 16.3 Å². The lowest BCUT2D eigenvalue weighted by molar-refractivity contribution is -0.180. The number of halogens is 5. The highest BCUT2D eigenvalue weighted by Crippen LogP contribution is 2.41. The maximum Gasteiger partial charge on any atom is 0.397 e. The molecule has 1 aliphatic heterocycles. The van der Waals surface area contributed by atoms with Crippen LogP contribution in [-0.4, -0.2) is 56.2 Å². The number of rotatable bonds is 4. The van der Waals surface area contributed by atoms with Crippen molar-refractivity contribution in [2.75, 3.05) is 18.5 Å². The second-order valence-electron chi connectivity index (χ2n) is 8.09. The summed E-state index contributed by atoms with van der Waals surface area (Å²) in [5, 5.41) is 17.0. The Hall–Kier alpha value is -2.50. The summed E-state index contributed by atoms with van der Waals surface area (Å²) >= 11 is 6.18. The topological polar surface area (TPSA) is 84.6 Å². The van der Waals surface area contributed by atoms with E-state index in [2.05, 4.69) is 20.4 Å². The molecule has 0 saturated carbocycles. The van der Waals surface area contributed by atoms with Crippen LogP contribution in [0.5, 0.6) is 0 Å². The van der Waals surface area contributed by atoms with E-state index in [9.17, 15) is 22.7 Å². The summed E-state index contributed by atoms with van der Waals surface area (Å²) in [6.45, 7) is 2.73. The molecule has 2 atom stereocenters. The van der Waals surface area contributed by atoms with Crippen molar-refractivity contribution in [2.45, 2.75) is 44.0 Å². The van der Waals surface area contributed by atoms with Gasteiger partial charge in [-0.15, -0.1) is 5.10 Å². The molecule has 0 spiro atoms.